The van der Waals surface area contributed by atoms with Gasteiger partial charge >= 0.3 is 0 Å². The van der Waals surface area contributed by atoms with Crippen LogP contribution in [0.15, 0.2) is 46.2 Å². The molecule has 114 valence electrons. The monoisotopic (exact) mass is 381 g/mol. The second kappa shape index (κ2) is 8.52. The van der Waals surface area contributed by atoms with E-state index in [4.69, 9.17) is 34.8 Å². The average molecular weight is 383 g/mol. The van der Waals surface area contributed by atoms with Crippen LogP contribution in [0.5, 0.6) is 0 Å². The van der Waals surface area contributed by atoms with E-state index in [0.717, 1.165) is 16.3 Å². The fourth-order valence-corrected chi connectivity index (χ4v) is 3.51. The molecule has 0 N–H and O–H groups in total. The van der Waals surface area contributed by atoms with Gasteiger partial charge in [0.2, 0.25) is 0 Å². The zero-order chi connectivity index (χ0) is 14.7. The molecule has 6 heteroatoms. The molecule has 0 amide bonds. The minimum absolute atomic E-state index is 0. The van der Waals surface area contributed by atoms with Gasteiger partial charge in [-0.2, -0.15) is 0 Å². The molecule has 0 aliphatic heterocycles. The summed E-state index contributed by atoms with van der Waals surface area (Å²) in [5.41, 5.74) is 1.21. The summed E-state index contributed by atoms with van der Waals surface area (Å²) >= 11 is 19.9. The average Bonchev–Trinajstić information content (AvgIpc) is 2.37. The van der Waals surface area contributed by atoms with E-state index >= 15 is 0 Å². The molecule has 0 aliphatic rings. The first kappa shape index (κ1) is 19.0. The summed E-state index contributed by atoms with van der Waals surface area (Å²) in [7, 11) is 4.07. The highest BCUT2D eigenvalue weighted by molar-refractivity contribution is 7.99. The molecule has 0 aromatic heterocycles. The van der Waals surface area contributed by atoms with Gasteiger partial charge < -0.3 is 4.90 Å². The summed E-state index contributed by atoms with van der Waals surface area (Å²) in [6, 6.07) is 11.4. The van der Waals surface area contributed by atoms with Crippen molar-refractivity contribution >= 4 is 59.0 Å². The minimum atomic E-state index is 0. The van der Waals surface area contributed by atoms with Crippen molar-refractivity contribution in [3.8, 4) is 0 Å². The zero-order valence-corrected chi connectivity index (χ0v) is 15.5. The van der Waals surface area contributed by atoms with Crippen molar-refractivity contribution in [2.75, 3.05) is 14.1 Å². The number of hydrogen-bond acceptors (Lipinski definition) is 2. The van der Waals surface area contributed by atoms with Crippen LogP contribution in [0.4, 0.5) is 0 Å². The summed E-state index contributed by atoms with van der Waals surface area (Å²) in [5, 5.41) is 2.08. The fraction of sp³-hybridized carbons (Fsp3) is 0.200. The molecule has 0 atom stereocenters. The molecule has 0 fully saturated rings. The van der Waals surface area contributed by atoms with Gasteiger partial charge in [0.25, 0.3) is 0 Å². The van der Waals surface area contributed by atoms with Crippen molar-refractivity contribution in [1.82, 2.24) is 4.90 Å². The lowest BCUT2D eigenvalue weighted by atomic mass is 10.2. The predicted octanol–water partition coefficient (Wildman–Crippen LogP) is 6.28. The van der Waals surface area contributed by atoms with Gasteiger partial charge in [0.15, 0.2) is 0 Å². The summed E-state index contributed by atoms with van der Waals surface area (Å²) in [6.45, 7) is 0.845. The van der Waals surface area contributed by atoms with Crippen LogP contribution in [0.25, 0.3) is 0 Å². The van der Waals surface area contributed by atoms with E-state index in [-0.39, 0.29) is 12.4 Å². The number of halogens is 4. The Morgan fingerprint density at radius 1 is 0.905 bits per heavy atom. The molecular weight excluding hydrogens is 368 g/mol. The highest BCUT2D eigenvalue weighted by Gasteiger charge is 2.09. The summed E-state index contributed by atoms with van der Waals surface area (Å²) in [5.74, 6) is 0. The van der Waals surface area contributed by atoms with E-state index in [1.807, 2.05) is 44.4 Å². The second-order valence-corrected chi connectivity index (χ2v) is 7.03. The standard InChI is InChI=1S/C15H14Cl3NS.ClH/c1-19(2)9-10-3-4-11(16)7-14(10)20-15-8-12(17)5-6-13(15)18;/h3-8H,9H2,1-2H3;1H. The van der Waals surface area contributed by atoms with Crippen molar-refractivity contribution < 1.29 is 0 Å². The molecule has 0 aliphatic carbocycles. The van der Waals surface area contributed by atoms with E-state index in [9.17, 15) is 0 Å². The molecule has 2 aromatic rings. The van der Waals surface area contributed by atoms with E-state index in [1.165, 1.54) is 5.56 Å². The summed E-state index contributed by atoms with van der Waals surface area (Å²) in [4.78, 5) is 4.14. The van der Waals surface area contributed by atoms with Gasteiger partial charge in [-0.3, -0.25) is 0 Å². The Balaban J connectivity index is 0.00000220. The van der Waals surface area contributed by atoms with Gasteiger partial charge in [0, 0.05) is 26.4 Å². The number of nitrogens with zero attached hydrogens (tertiary/aromatic N) is 1. The first-order valence-electron chi connectivity index (χ1n) is 6.02. The molecule has 21 heavy (non-hydrogen) atoms. The van der Waals surface area contributed by atoms with Crippen LogP contribution < -0.4 is 0 Å². The summed E-state index contributed by atoms with van der Waals surface area (Å²) < 4.78 is 0. The number of rotatable bonds is 4. The normalized spacial score (nSPS) is 10.6. The van der Waals surface area contributed by atoms with Gasteiger partial charge in [0.05, 0.1) is 5.02 Å². The van der Waals surface area contributed by atoms with Crippen LogP contribution >= 0.6 is 59.0 Å². The van der Waals surface area contributed by atoms with Crippen molar-refractivity contribution in [2.45, 2.75) is 16.3 Å². The zero-order valence-electron chi connectivity index (χ0n) is 11.6. The first-order chi connectivity index (χ1) is 9.45. The third-order valence-corrected chi connectivity index (χ3v) is 4.70. The lowest BCUT2D eigenvalue weighted by molar-refractivity contribution is 0.399. The maximum atomic E-state index is 6.22. The Kier molecular flexibility index (Phi) is 7.69. The van der Waals surface area contributed by atoms with Gasteiger partial charge in [0.1, 0.15) is 0 Å². The highest BCUT2D eigenvalue weighted by Crippen LogP contribution is 2.38. The van der Waals surface area contributed by atoms with Crippen LogP contribution in [0.1, 0.15) is 5.56 Å². The third-order valence-electron chi connectivity index (χ3n) is 2.63. The molecule has 0 heterocycles. The predicted molar refractivity (Wildman–Crippen MR) is 96.7 cm³/mol. The second-order valence-electron chi connectivity index (χ2n) is 4.67. The van der Waals surface area contributed by atoms with Crippen LogP contribution in [-0.4, -0.2) is 19.0 Å². The molecule has 0 spiro atoms. The van der Waals surface area contributed by atoms with Crippen molar-refractivity contribution in [3.63, 3.8) is 0 Å². The topological polar surface area (TPSA) is 3.24 Å². The Bertz CT molecular complexity index is 617. The molecule has 2 rings (SSSR count). The Labute approximate surface area is 151 Å². The number of benzene rings is 2. The first-order valence-corrected chi connectivity index (χ1v) is 7.97. The molecule has 1 nitrogen and oxygen atoms in total. The van der Waals surface area contributed by atoms with E-state index in [2.05, 4.69) is 4.90 Å². The lowest BCUT2D eigenvalue weighted by Gasteiger charge is -2.15. The van der Waals surface area contributed by atoms with Gasteiger partial charge in [-0.05, 0) is 50.0 Å². The van der Waals surface area contributed by atoms with E-state index in [1.54, 1.807) is 17.8 Å². The molecular formula is C15H15Cl4NS. The van der Waals surface area contributed by atoms with Gasteiger partial charge in [-0.15, -0.1) is 12.4 Å². The Morgan fingerprint density at radius 2 is 1.48 bits per heavy atom. The lowest BCUT2D eigenvalue weighted by Crippen LogP contribution is -2.11. The third kappa shape index (κ3) is 5.55. The maximum Gasteiger partial charge on any atom is 0.0546 e. The van der Waals surface area contributed by atoms with Crippen LogP contribution in [-0.2, 0) is 6.54 Å². The molecule has 0 bridgehead atoms. The van der Waals surface area contributed by atoms with E-state index < -0.39 is 0 Å². The van der Waals surface area contributed by atoms with Crippen LogP contribution in [0.3, 0.4) is 0 Å². The van der Waals surface area contributed by atoms with E-state index in [0.29, 0.717) is 15.1 Å². The summed E-state index contributed by atoms with van der Waals surface area (Å²) in [6.07, 6.45) is 0. The largest absolute Gasteiger partial charge is 0.305 e. The molecule has 0 saturated carbocycles. The molecule has 0 radical (unpaired) electrons. The maximum absolute atomic E-state index is 6.22. The van der Waals surface area contributed by atoms with Gasteiger partial charge in [-0.25, -0.2) is 0 Å². The van der Waals surface area contributed by atoms with Crippen molar-refractivity contribution in [2.24, 2.45) is 0 Å². The Hall–Kier alpha value is -0.0900. The Morgan fingerprint density at radius 3 is 2.10 bits per heavy atom. The molecule has 0 saturated heterocycles. The fourth-order valence-electron chi connectivity index (χ4n) is 1.77. The number of hydrogen-bond donors (Lipinski definition) is 0. The molecule has 2 aromatic carbocycles. The van der Waals surface area contributed by atoms with Crippen molar-refractivity contribution in [1.29, 1.82) is 0 Å². The van der Waals surface area contributed by atoms with Gasteiger partial charge in [-0.1, -0.05) is 52.6 Å². The van der Waals surface area contributed by atoms with Crippen LogP contribution in [0, 0.1) is 0 Å². The SMILES string of the molecule is CN(C)Cc1ccc(Cl)cc1Sc1cc(Cl)ccc1Cl.Cl. The molecule has 0 unspecified atom stereocenters. The quantitative estimate of drug-likeness (QED) is 0.611. The minimum Gasteiger partial charge on any atom is -0.305 e. The highest BCUT2D eigenvalue weighted by atomic mass is 35.5. The smallest absolute Gasteiger partial charge is 0.0546 e. The van der Waals surface area contributed by atoms with Crippen LogP contribution in [0.2, 0.25) is 15.1 Å². The van der Waals surface area contributed by atoms with Crippen molar-refractivity contribution in [3.05, 3.63) is 57.0 Å².